The molecule has 23 heavy (non-hydrogen) atoms. The fraction of sp³-hybridized carbons (Fsp3) is 0.294. The van der Waals surface area contributed by atoms with E-state index in [-0.39, 0.29) is 11.8 Å². The lowest BCUT2D eigenvalue weighted by molar-refractivity contribution is 0.0764. The standard InChI is InChI=1S/C17H18N2O3S/c20-14-7-8-19(11-14)17(22)13-5-3-12(4-6-13)10-18-16(21)15-2-1-9-23-15/h1-6,9,14,20H,7-8,10-11H2,(H,18,21)/t14-/m1/s1. The molecule has 1 aliphatic heterocycles. The number of carbonyl (C=O) groups excluding carboxylic acids is 2. The van der Waals surface area contributed by atoms with Gasteiger partial charge in [0.1, 0.15) is 0 Å². The van der Waals surface area contributed by atoms with Crippen molar-refractivity contribution in [1.82, 2.24) is 10.2 Å². The summed E-state index contributed by atoms with van der Waals surface area (Å²) >= 11 is 1.40. The van der Waals surface area contributed by atoms with Crippen molar-refractivity contribution in [2.24, 2.45) is 0 Å². The average molecular weight is 330 g/mol. The van der Waals surface area contributed by atoms with Crippen molar-refractivity contribution in [3.05, 3.63) is 57.8 Å². The van der Waals surface area contributed by atoms with E-state index in [1.165, 1.54) is 11.3 Å². The molecule has 2 aromatic rings. The first-order valence-electron chi connectivity index (χ1n) is 7.51. The van der Waals surface area contributed by atoms with Gasteiger partial charge in [-0.25, -0.2) is 0 Å². The lowest BCUT2D eigenvalue weighted by Crippen LogP contribution is -2.29. The monoisotopic (exact) mass is 330 g/mol. The highest BCUT2D eigenvalue weighted by molar-refractivity contribution is 7.12. The highest BCUT2D eigenvalue weighted by atomic mass is 32.1. The van der Waals surface area contributed by atoms with Crippen molar-refractivity contribution in [2.45, 2.75) is 19.1 Å². The molecule has 2 N–H and O–H groups in total. The highest BCUT2D eigenvalue weighted by Gasteiger charge is 2.25. The van der Waals surface area contributed by atoms with E-state index in [4.69, 9.17) is 0 Å². The number of nitrogens with one attached hydrogen (secondary N) is 1. The molecule has 2 amide bonds. The minimum atomic E-state index is -0.411. The molecule has 0 radical (unpaired) electrons. The van der Waals surface area contributed by atoms with Gasteiger partial charge < -0.3 is 15.3 Å². The number of aliphatic hydroxyl groups excluding tert-OH is 1. The molecule has 1 fully saturated rings. The van der Waals surface area contributed by atoms with Gasteiger partial charge in [0, 0.05) is 25.2 Å². The SMILES string of the molecule is O=C(NCc1ccc(C(=O)N2CC[C@@H](O)C2)cc1)c1cccs1. The maximum atomic E-state index is 12.3. The second-order valence-corrected chi connectivity index (χ2v) is 6.50. The second kappa shape index (κ2) is 6.93. The molecule has 0 saturated carbocycles. The van der Waals surface area contributed by atoms with E-state index in [1.54, 1.807) is 23.1 Å². The third kappa shape index (κ3) is 3.78. The lowest BCUT2D eigenvalue weighted by Gasteiger charge is -2.15. The summed E-state index contributed by atoms with van der Waals surface area (Å²) in [5.41, 5.74) is 1.54. The zero-order valence-corrected chi connectivity index (χ0v) is 13.4. The molecule has 1 atom stereocenters. The Bertz CT molecular complexity index is 682. The molecule has 1 saturated heterocycles. The molecule has 0 aliphatic carbocycles. The van der Waals surface area contributed by atoms with E-state index in [9.17, 15) is 14.7 Å². The van der Waals surface area contributed by atoms with Crippen LogP contribution in [0.5, 0.6) is 0 Å². The summed E-state index contributed by atoms with van der Waals surface area (Å²) in [5, 5.41) is 14.2. The Kier molecular flexibility index (Phi) is 4.73. The number of aliphatic hydroxyl groups is 1. The number of likely N-dealkylation sites (tertiary alicyclic amines) is 1. The van der Waals surface area contributed by atoms with Crippen LogP contribution in [0.1, 0.15) is 32.0 Å². The molecule has 3 rings (SSSR count). The quantitative estimate of drug-likeness (QED) is 0.899. The summed E-state index contributed by atoms with van der Waals surface area (Å²) in [6.07, 6.45) is 0.226. The van der Waals surface area contributed by atoms with Gasteiger partial charge in [-0.15, -0.1) is 11.3 Å². The van der Waals surface area contributed by atoms with E-state index < -0.39 is 6.10 Å². The Labute approximate surface area is 138 Å². The number of thiophene rings is 1. The van der Waals surface area contributed by atoms with Gasteiger partial charge >= 0.3 is 0 Å². The largest absolute Gasteiger partial charge is 0.391 e. The van der Waals surface area contributed by atoms with Crippen LogP contribution in [0.15, 0.2) is 41.8 Å². The van der Waals surface area contributed by atoms with Crippen LogP contribution in [-0.2, 0) is 6.54 Å². The predicted octanol–water partition coefficient (Wildman–Crippen LogP) is 1.88. The van der Waals surface area contributed by atoms with E-state index in [0.29, 0.717) is 36.5 Å². The molecular formula is C17H18N2O3S. The number of hydrogen-bond donors (Lipinski definition) is 2. The van der Waals surface area contributed by atoms with Crippen molar-refractivity contribution in [3.8, 4) is 0 Å². The fourth-order valence-corrected chi connectivity index (χ4v) is 3.19. The molecule has 0 unspecified atom stereocenters. The topological polar surface area (TPSA) is 69.6 Å². The van der Waals surface area contributed by atoms with Gasteiger partial charge in [0.2, 0.25) is 0 Å². The fourth-order valence-electron chi connectivity index (χ4n) is 2.55. The smallest absolute Gasteiger partial charge is 0.261 e. The van der Waals surface area contributed by atoms with E-state index >= 15 is 0 Å². The Morgan fingerprint density at radius 3 is 2.65 bits per heavy atom. The molecule has 2 heterocycles. The molecule has 1 aliphatic rings. The summed E-state index contributed by atoms with van der Waals surface area (Å²) in [6, 6.07) is 10.8. The van der Waals surface area contributed by atoms with Gasteiger partial charge in [0.15, 0.2) is 0 Å². The molecule has 1 aromatic heterocycles. The van der Waals surface area contributed by atoms with Crippen LogP contribution in [0.3, 0.4) is 0 Å². The maximum Gasteiger partial charge on any atom is 0.261 e. The molecule has 120 valence electrons. The summed E-state index contributed by atoms with van der Waals surface area (Å²) in [5.74, 6) is -0.151. The van der Waals surface area contributed by atoms with Crippen LogP contribution in [0.2, 0.25) is 0 Å². The van der Waals surface area contributed by atoms with Gasteiger partial charge in [-0.1, -0.05) is 18.2 Å². The van der Waals surface area contributed by atoms with Crippen LogP contribution in [-0.4, -0.2) is 41.0 Å². The normalized spacial score (nSPS) is 17.3. The van der Waals surface area contributed by atoms with E-state index in [1.807, 2.05) is 23.6 Å². The second-order valence-electron chi connectivity index (χ2n) is 5.55. The minimum absolute atomic E-state index is 0.0595. The number of hydrogen-bond acceptors (Lipinski definition) is 4. The maximum absolute atomic E-state index is 12.3. The lowest BCUT2D eigenvalue weighted by atomic mass is 10.1. The first kappa shape index (κ1) is 15.7. The van der Waals surface area contributed by atoms with Crippen molar-refractivity contribution in [1.29, 1.82) is 0 Å². The number of nitrogens with zero attached hydrogens (tertiary/aromatic N) is 1. The van der Waals surface area contributed by atoms with Crippen LogP contribution in [0.4, 0.5) is 0 Å². The number of benzene rings is 1. The van der Waals surface area contributed by atoms with E-state index in [2.05, 4.69) is 5.32 Å². The number of β-amino-alcohol motifs (C(OH)–C–C–N with tert-alkyl or cyclic N) is 1. The van der Waals surface area contributed by atoms with Crippen molar-refractivity contribution >= 4 is 23.2 Å². The third-order valence-electron chi connectivity index (χ3n) is 3.85. The Morgan fingerprint density at radius 2 is 2.04 bits per heavy atom. The Morgan fingerprint density at radius 1 is 1.26 bits per heavy atom. The zero-order valence-electron chi connectivity index (χ0n) is 12.6. The van der Waals surface area contributed by atoms with Gasteiger partial charge in [0.05, 0.1) is 11.0 Å². The first-order chi connectivity index (χ1) is 11.1. The molecule has 6 heteroatoms. The highest BCUT2D eigenvalue weighted by Crippen LogP contribution is 2.14. The Hall–Kier alpha value is -2.18. The molecule has 0 spiro atoms. The Balaban J connectivity index is 1.57. The number of amides is 2. The first-order valence-corrected chi connectivity index (χ1v) is 8.39. The van der Waals surface area contributed by atoms with Crippen LogP contribution < -0.4 is 5.32 Å². The number of rotatable bonds is 4. The average Bonchev–Trinajstić information content (AvgIpc) is 3.24. The van der Waals surface area contributed by atoms with Gasteiger partial charge in [-0.2, -0.15) is 0 Å². The molecule has 0 bridgehead atoms. The van der Waals surface area contributed by atoms with Crippen molar-refractivity contribution < 1.29 is 14.7 Å². The molecule has 1 aromatic carbocycles. The summed E-state index contributed by atoms with van der Waals surface area (Å²) < 4.78 is 0. The molecular weight excluding hydrogens is 312 g/mol. The molecule has 5 nitrogen and oxygen atoms in total. The zero-order chi connectivity index (χ0) is 16.2. The van der Waals surface area contributed by atoms with Crippen LogP contribution in [0, 0.1) is 0 Å². The van der Waals surface area contributed by atoms with Crippen LogP contribution in [0.25, 0.3) is 0 Å². The number of carbonyl (C=O) groups is 2. The minimum Gasteiger partial charge on any atom is -0.391 e. The van der Waals surface area contributed by atoms with E-state index in [0.717, 1.165) is 5.56 Å². The van der Waals surface area contributed by atoms with Gasteiger partial charge in [-0.05, 0) is 35.6 Å². The third-order valence-corrected chi connectivity index (χ3v) is 4.72. The van der Waals surface area contributed by atoms with Crippen molar-refractivity contribution in [3.63, 3.8) is 0 Å². The van der Waals surface area contributed by atoms with Crippen LogP contribution >= 0.6 is 11.3 Å². The van der Waals surface area contributed by atoms with Gasteiger partial charge in [-0.3, -0.25) is 9.59 Å². The summed E-state index contributed by atoms with van der Waals surface area (Å²) in [4.78, 5) is 26.5. The van der Waals surface area contributed by atoms with Crippen molar-refractivity contribution in [2.75, 3.05) is 13.1 Å². The van der Waals surface area contributed by atoms with Gasteiger partial charge in [0.25, 0.3) is 11.8 Å². The predicted molar refractivity (Wildman–Crippen MR) is 88.5 cm³/mol. The summed E-state index contributed by atoms with van der Waals surface area (Å²) in [7, 11) is 0. The summed E-state index contributed by atoms with van der Waals surface area (Å²) in [6.45, 7) is 1.42.